The van der Waals surface area contributed by atoms with Crippen molar-refractivity contribution >= 4 is 38.6 Å². The zero-order valence-electron chi connectivity index (χ0n) is 11.3. The molecule has 0 fully saturated rings. The zero-order chi connectivity index (χ0) is 14.8. The Kier molecular flexibility index (Phi) is 4.12. The Morgan fingerprint density at radius 1 is 1.14 bits per heavy atom. The fourth-order valence-corrected chi connectivity index (χ4v) is 3.59. The SMILES string of the molecule is CC(Sc1ccccc1Br)c1nc2ccccc2c(=O)[nH]1. The van der Waals surface area contributed by atoms with Crippen LogP contribution in [0.4, 0.5) is 0 Å². The van der Waals surface area contributed by atoms with Gasteiger partial charge < -0.3 is 4.98 Å². The summed E-state index contributed by atoms with van der Waals surface area (Å²) in [6.45, 7) is 2.04. The molecule has 3 rings (SSSR count). The van der Waals surface area contributed by atoms with Gasteiger partial charge in [0.1, 0.15) is 5.82 Å². The van der Waals surface area contributed by atoms with Gasteiger partial charge in [0, 0.05) is 9.37 Å². The second kappa shape index (κ2) is 6.03. The van der Waals surface area contributed by atoms with Crippen LogP contribution in [0.3, 0.4) is 0 Å². The average molecular weight is 361 g/mol. The van der Waals surface area contributed by atoms with E-state index >= 15 is 0 Å². The van der Waals surface area contributed by atoms with Crippen molar-refractivity contribution in [2.75, 3.05) is 0 Å². The van der Waals surface area contributed by atoms with E-state index in [1.165, 1.54) is 0 Å². The molecule has 5 heteroatoms. The van der Waals surface area contributed by atoms with Crippen molar-refractivity contribution in [3.63, 3.8) is 0 Å². The standard InChI is InChI=1S/C16H13BrN2OS/c1-10(21-14-9-5-3-7-12(14)17)15-18-13-8-4-2-6-11(13)16(20)19-15/h2-10H,1H3,(H,18,19,20). The minimum absolute atomic E-state index is 0.0565. The molecular weight excluding hydrogens is 348 g/mol. The molecule has 106 valence electrons. The molecule has 0 bridgehead atoms. The minimum atomic E-state index is -0.0878. The van der Waals surface area contributed by atoms with Crippen molar-refractivity contribution in [3.05, 3.63) is 69.2 Å². The van der Waals surface area contributed by atoms with Crippen LogP contribution < -0.4 is 5.56 Å². The van der Waals surface area contributed by atoms with Crippen LogP contribution in [0, 0.1) is 0 Å². The van der Waals surface area contributed by atoms with E-state index < -0.39 is 0 Å². The van der Waals surface area contributed by atoms with Crippen LogP contribution in [0.1, 0.15) is 18.0 Å². The van der Waals surface area contributed by atoms with E-state index in [0.717, 1.165) is 14.9 Å². The van der Waals surface area contributed by atoms with E-state index in [-0.39, 0.29) is 10.8 Å². The molecule has 0 spiro atoms. The molecular formula is C16H13BrN2OS. The van der Waals surface area contributed by atoms with Crippen molar-refractivity contribution in [1.29, 1.82) is 0 Å². The largest absolute Gasteiger partial charge is 0.309 e. The van der Waals surface area contributed by atoms with Crippen molar-refractivity contribution in [2.45, 2.75) is 17.1 Å². The summed E-state index contributed by atoms with van der Waals surface area (Å²) in [7, 11) is 0. The first kappa shape index (κ1) is 14.4. The van der Waals surface area contributed by atoms with Gasteiger partial charge >= 0.3 is 0 Å². The highest BCUT2D eigenvalue weighted by Gasteiger charge is 2.13. The maximum Gasteiger partial charge on any atom is 0.258 e. The molecule has 0 aliphatic rings. The third kappa shape index (κ3) is 3.04. The number of hydrogen-bond acceptors (Lipinski definition) is 3. The van der Waals surface area contributed by atoms with Crippen LogP contribution >= 0.6 is 27.7 Å². The lowest BCUT2D eigenvalue weighted by atomic mass is 10.2. The Hall–Kier alpha value is -1.59. The number of halogens is 1. The van der Waals surface area contributed by atoms with Crippen molar-refractivity contribution in [3.8, 4) is 0 Å². The van der Waals surface area contributed by atoms with E-state index in [2.05, 4.69) is 25.9 Å². The van der Waals surface area contributed by atoms with Gasteiger partial charge in [0.25, 0.3) is 5.56 Å². The highest BCUT2D eigenvalue weighted by Crippen LogP contribution is 2.37. The number of fused-ring (bicyclic) bond motifs is 1. The predicted molar refractivity (Wildman–Crippen MR) is 90.8 cm³/mol. The molecule has 0 radical (unpaired) electrons. The van der Waals surface area contributed by atoms with Gasteiger partial charge in [-0.2, -0.15) is 0 Å². The number of rotatable bonds is 3. The lowest BCUT2D eigenvalue weighted by molar-refractivity contribution is 0.922. The Morgan fingerprint density at radius 3 is 2.67 bits per heavy atom. The maximum absolute atomic E-state index is 12.1. The topological polar surface area (TPSA) is 45.8 Å². The van der Waals surface area contributed by atoms with E-state index in [1.54, 1.807) is 17.8 Å². The van der Waals surface area contributed by atoms with E-state index in [9.17, 15) is 4.79 Å². The van der Waals surface area contributed by atoms with Crippen LogP contribution in [-0.4, -0.2) is 9.97 Å². The van der Waals surface area contributed by atoms with Gasteiger partial charge in [-0.05, 0) is 47.1 Å². The Balaban J connectivity index is 1.97. The number of benzene rings is 2. The number of aromatic nitrogens is 2. The minimum Gasteiger partial charge on any atom is -0.309 e. The molecule has 1 unspecified atom stereocenters. The van der Waals surface area contributed by atoms with Crippen LogP contribution in [0.25, 0.3) is 10.9 Å². The number of nitrogens with zero attached hydrogens (tertiary/aromatic N) is 1. The molecule has 0 amide bonds. The summed E-state index contributed by atoms with van der Waals surface area (Å²) >= 11 is 5.20. The monoisotopic (exact) mass is 360 g/mol. The summed E-state index contributed by atoms with van der Waals surface area (Å²) in [6.07, 6.45) is 0. The van der Waals surface area contributed by atoms with Crippen molar-refractivity contribution in [2.24, 2.45) is 0 Å². The normalized spacial score (nSPS) is 12.5. The van der Waals surface area contributed by atoms with Gasteiger partial charge in [0.2, 0.25) is 0 Å². The molecule has 0 saturated carbocycles. The van der Waals surface area contributed by atoms with Crippen molar-refractivity contribution < 1.29 is 0 Å². The summed E-state index contributed by atoms with van der Waals surface area (Å²) < 4.78 is 1.05. The van der Waals surface area contributed by atoms with Crippen LogP contribution in [0.2, 0.25) is 0 Å². The van der Waals surface area contributed by atoms with Crippen molar-refractivity contribution in [1.82, 2.24) is 9.97 Å². The molecule has 1 N–H and O–H groups in total. The Bertz CT molecular complexity index is 847. The van der Waals surface area contributed by atoms with Gasteiger partial charge in [-0.15, -0.1) is 11.8 Å². The number of para-hydroxylation sites is 1. The molecule has 1 atom stereocenters. The molecule has 21 heavy (non-hydrogen) atoms. The smallest absolute Gasteiger partial charge is 0.258 e. The number of hydrogen-bond donors (Lipinski definition) is 1. The van der Waals surface area contributed by atoms with Gasteiger partial charge in [-0.1, -0.05) is 24.3 Å². The van der Waals surface area contributed by atoms with Crippen LogP contribution in [0.5, 0.6) is 0 Å². The predicted octanol–water partition coefficient (Wildman–Crippen LogP) is 4.54. The molecule has 2 aromatic carbocycles. The molecule has 0 saturated heterocycles. The summed E-state index contributed by atoms with van der Waals surface area (Å²) in [5.74, 6) is 0.694. The first-order valence-corrected chi connectivity index (χ1v) is 8.22. The molecule has 0 aliphatic heterocycles. The van der Waals surface area contributed by atoms with Gasteiger partial charge in [0.15, 0.2) is 0 Å². The zero-order valence-corrected chi connectivity index (χ0v) is 13.7. The molecule has 3 aromatic rings. The van der Waals surface area contributed by atoms with Gasteiger partial charge in [0.05, 0.1) is 16.2 Å². The second-order valence-electron chi connectivity index (χ2n) is 4.66. The first-order chi connectivity index (χ1) is 10.1. The summed E-state index contributed by atoms with van der Waals surface area (Å²) in [5, 5.41) is 0.681. The highest BCUT2D eigenvalue weighted by molar-refractivity contribution is 9.10. The Morgan fingerprint density at radius 2 is 1.86 bits per heavy atom. The average Bonchev–Trinajstić information content (AvgIpc) is 2.49. The van der Waals surface area contributed by atoms with Crippen LogP contribution in [-0.2, 0) is 0 Å². The maximum atomic E-state index is 12.1. The lowest BCUT2D eigenvalue weighted by Crippen LogP contribution is -2.12. The first-order valence-electron chi connectivity index (χ1n) is 6.55. The number of aromatic amines is 1. The van der Waals surface area contributed by atoms with E-state index in [4.69, 9.17) is 0 Å². The van der Waals surface area contributed by atoms with E-state index in [1.807, 2.05) is 49.4 Å². The third-order valence-corrected chi connectivity index (χ3v) is 5.30. The number of nitrogens with one attached hydrogen (secondary N) is 1. The summed E-state index contributed by atoms with van der Waals surface area (Å²) in [4.78, 5) is 20.7. The third-order valence-electron chi connectivity index (χ3n) is 3.16. The van der Waals surface area contributed by atoms with Crippen LogP contribution in [0.15, 0.2) is 62.7 Å². The molecule has 1 heterocycles. The van der Waals surface area contributed by atoms with Gasteiger partial charge in [-0.3, -0.25) is 4.79 Å². The fraction of sp³-hybridized carbons (Fsp3) is 0.125. The second-order valence-corrected chi connectivity index (χ2v) is 6.90. The van der Waals surface area contributed by atoms with E-state index in [0.29, 0.717) is 11.2 Å². The molecule has 1 aromatic heterocycles. The van der Waals surface area contributed by atoms with Gasteiger partial charge in [-0.25, -0.2) is 4.98 Å². The number of H-pyrrole nitrogens is 1. The molecule has 0 aliphatic carbocycles. The quantitative estimate of drug-likeness (QED) is 0.697. The number of thioether (sulfide) groups is 1. The summed E-state index contributed by atoms with van der Waals surface area (Å²) in [5.41, 5.74) is 0.644. The summed E-state index contributed by atoms with van der Waals surface area (Å²) in [6, 6.07) is 15.4. The fourth-order valence-electron chi connectivity index (χ4n) is 2.08. The Labute approximate surface area is 134 Å². The lowest BCUT2D eigenvalue weighted by Gasteiger charge is -2.12. The molecule has 3 nitrogen and oxygen atoms in total. The highest BCUT2D eigenvalue weighted by atomic mass is 79.9.